The highest BCUT2D eigenvalue weighted by atomic mass is 127. The second-order valence-electron chi connectivity index (χ2n) is 0.800. The maximum atomic E-state index is 10.00. The van der Waals surface area contributed by atoms with Crippen molar-refractivity contribution in [3.05, 3.63) is 0 Å². The third-order valence-corrected chi connectivity index (χ3v) is 0.724. The third kappa shape index (κ3) is 3.96. The van der Waals surface area contributed by atoms with Crippen LogP contribution in [0.25, 0.3) is 0 Å². The van der Waals surface area contributed by atoms with Crippen molar-refractivity contribution in [2.75, 3.05) is 6.54 Å². The first kappa shape index (κ1) is 7.12. The summed E-state index contributed by atoms with van der Waals surface area (Å²) in [4.78, 5) is 13.8. The third-order valence-electron chi connectivity index (χ3n) is 0.343. The Morgan fingerprint density at radius 2 is 2.57 bits per heavy atom. The fourth-order valence-corrected chi connectivity index (χ4v) is 0.408. The van der Waals surface area contributed by atoms with Crippen molar-refractivity contribution >= 4 is 28.8 Å². The van der Waals surface area contributed by atoms with Crippen LogP contribution in [0.1, 0.15) is 0 Å². The quantitative estimate of drug-likeness (QED) is 0.365. The van der Waals surface area contributed by atoms with E-state index in [0.29, 0.717) is 0 Å². The molecular formula is C2H5IN2O2. The minimum absolute atomic E-state index is 0.150. The second-order valence-corrected chi connectivity index (χ2v) is 1.56. The number of carbonyl (C=O) groups is 1. The number of nitrogens with one attached hydrogen (secondary N) is 1. The zero-order chi connectivity index (χ0) is 5.70. The Morgan fingerprint density at radius 3 is 2.71 bits per heavy atom. The SMILES string of the molecule is NOC(=O)CNI. The first-order chi connectivity index (χ1) is 3.31. The molecule has 42 valence electrons. The summed E-state index contributed by atoms with van der Waals surface area (Å²) in [6.07, 6.45) is 0. The molecule has 0 atom stereocenters. The molecule has 0 aromatic rings. The zero-order valence-corrected chi connectivity index (χ0v) is 5.64. The molecule has 4 nitrogen and oxygen atoms in total. The van der Waals surface area contributed by atoms with Crippen molar-refractivity contribution in [3.8, 4) is 0 Å². The molecule has 0 spiro atoms. The summed E-state index contributed by atoms with van der Waals surface area (Å²) in [6.45, 7) is 0.150. The Kier molecular flexibility index (Phi) is 4.36. The van der Waals surface area contributed by atoms with Gasteiger partial charge < -0.3 is 4.84 Å². The van der Waals surface area contributed by atoms with Crippen molar-refractivity contribution in [3.63, 3.8) is 0 Å². The molecule has 0 aliphatic heterocycles. The lowest BCUT2D eigenvalue weighted by atomic mass is 10.7. The average molecular weight is 216 g/mol. The highest BCUT2D eigenvalue weighted by Crippen LogP contribution is 1.69. The fraction of sp³-hybridized carbons (Fsp3) is 0.500. The maximum absolute atomic E-state index is 10.00. The van der Waals surface area contributed by atoms with E-state index in [-0.39, 0.29) is 6.54 Å². The first-order valence-corrected chi connectivity index (χ1v) is 2.62. The highest BCUT2D eigenvalue weighted by Gasteiger charge is 1.93. The number of nitrogens with two attached hydrogens (primary N) is 1. The van der Waals surface area contributed by atoms with Crippen LogP contribution in [0.4, 0.5) is 0 Å². The second kappa shape index (κ2) is 4.28. The predicted molar refractivity (Wildman–Crippen MR) is 32.3 cm³/mol. The average Bonchev–Trinajstić information content (AvgIpc) is 1.68. The Bertz CT molecular complexity index is 66.7. The summed E-state index contributed by atoms with van der Waals surface area (Å²) in [5, 5.41) is 0. The minimum Gasteiger partial charge on any atom is -0.372 e. The van der Waals surface area contributed by atoms with Gasteiger partial charge in [0.25, 0.3) is 0 Å². The summed E-state index contributed by atoms with van der Waals surface area (Å²) < 4.78 is 2.53. The van der Waals surface area contributed by atoms with E-state index in [2.05, 4.69) is 14.3 Å². The van der Waals surface area contributed by atoms with E-state index in [1.54, 1.807) is 0 Å². The normalized spacial score (nSPS) is 8.29. The van der Waals surface area contributed by atoms with Gasteiger partial charge in [-0.15, -0.1) is 0 Å². The summed E-state index contributed by atoms with van der Waals surface area (Å²) >= 11 is 1.82. The van der Waals surface area contributed by atoms with Crippen LogP contribution in [0.3, 0.4) is 0 Å². The Hall–Kier alpha value is 0.120. The molecule has 0 aromatic carbocycles. The summed E-state index contributed by atoms with van der Waals surface area (Å²) in [7, 11) is 0. The summed E-state index contributed by atoms with van der Waals surface area (Å²) in [5.41, 5.74) is 0. The summed E-state index contributed by atoms with van der Waals surface area (Å²) in [6, 6.07) is 0. The minimum atomic E-state index is -0.464. The number of hydrogen-bond donors (Lipinski definition) is 2. The molecule has 0 aliphatic rings. The lowest BCUT2D eigenvalue weighted by Gasteiger charge is -1.90. The molecule has 0 bridgehead atoms. The lowest BCUT2D eigenvalue weighted by Crippen LogP contribution is -2.19. The monoisotopic (exact) mass is 216 g/mol. The Labute approximate surface area is 54.8 Å². The molecule has 0 unspecified atom stereocenters. The van der Waals surface area contributed by atoms with Crippen molar-refractivity contribution < 1.29 is 9.63 Å². The van der Waals surface area contributed by atoms with E-state index < -0.39 is 5.97 Å². The molecule has 0 aromatic heterocycles. The van der Waals surface area contributed by atoms with E-state index in [4.69, 9.17) is 0 Å². The summed E-state index contributed by atoms with van der Waals surface area (Å²) in [5.74, 6) is 4.00. The smallest absolute Gasteiger partial charge is 0.339 e. The molecule has 0 aliphatic carbocycles. The van der Waals surface area contributed by atoms with Gasteiger partial charge in [-0.25, -0.2) is 8.32 Å². The van der Waals surface area contributed by atoms with Crippen molar-refractivity contribution in [2.45, 2.75) is 0 Å². The van der Waals surface area contributed by atoms with Crippen LogP contribution < -0.4 is 9.43 Å². The van der Waals surface area contributed by atoms with Gasteiger partial charge in [0.15, 0.2) is 0 Å². The van der Waals surface area contributed by atoms with E-state index in [1.165, 1.54) is 0 Å². The zero-order valence-electron chi connectivity index (χ0n) is 3.48. The van der Waals surface area contributed by atoms with Crippen LogP contribution in [-0.4, -0.2) is 12.5 Å². The van der Waals surface area contributed by atoms with Gasteiger partial charge >= 0.3 is 5.97 Å². The van der Waals surface area contributed by atoms with E-state index in [1.807, 2.05) is 22.9 Å². The van der Waals surface area contributed by atoms with Crippen LogP contribution in [-0.2, 0) is 9.63 Å². The van der Waals surface area contributed by atoms with Gasteiger partial charge in [-0.1, -0.05) is 0 Å². The van der Waals surface area contributed by atoms with Gasteiger partial charge in [-0.2, -0.15) is 5.90 Å². The van der Waals surface area contributed by atoms with Crippen molar-refractivity contribution in [1.29, 1.82) is 0 Å². The molecule has 0 rings (SSSR count). The Balaban J connectivity index is 3.00. The topological polar surface area (TPSA) is 64.3 Å². The van der Waals surface area contributed by atoms with Crippen LogP contribution in [0.15, 0.2) is 0 Å². The van der Waals surface area contributed by atoms with E-state index in [0.717, 1.165) is 0 Å². The molecule has 7 heavy (non-hydrogen) atoms. The molecule has 0 saturated heterocycles. The van der Waals surface area contributed by atoms with Gasteiger partial charge in [-0.3, -0.25) is 0 Å². The molecule has 0 fully saturated rings. The number of rotatable bonds is 2. The van der Waals surface area contributed by atoms with Gasteiger partial charge in [-0.05, 0) is 0 Å². The molecule has 0 saturated carbocycles. The fourth-order valence-electron chi connectivity index (χ4n) is 0.0962. The predicted octanol–water partition coefficient (Wildman–Crippen LogP) is -0.657. The molecule has 0 amide bonds. The van der Waals surface area contributed by atoms with Crippen LogP contribution in [0, 0.1) is 0 Å². The molecule has 0 radical (unpaired) electrons. The largest absolute Gasteiger partial charge is 0.372 e. The van der Waals surface area contributed by atoms with Gasteiger partial charge in [0.2, 0.25) is 0 Å². The molecule has 0 heterocycles. The van der Waals surface area contributed by atoms with Gasteiger partial charge in [0.1, 0.15) is 6.54 Å². The van der Waals surface area contributed by atoms with Crippen LogP contribution in [0.5, 0.6) is 0 Å². The van der Waals surface area contributed by atoms with Gasteiger partial charge in [0.05, 0.1) is 0 Å². The number of carbonyl (C=O) groups excluding carboxylic acids is 1. The lowest BCUT2D eigenvalue weighted by molar-refractivity contribution is -0.142. The molecule has 3 N–H and O–H groups in total. The van der Waals surface area contributed by atoms with Gasteiger partial charge in [0, 0.05) is 22.9 Å². The highest BCUT2D eigenvalue weighted by molar-refractivity contribution is 14.1. The standard InChI is InChI=1S/C2H5IN2O2/c3-5-1-2(6)7-4/h5H,1,4H2. The van der Waals surface area contributed by atoms with Crippen molar-refractivity contribution in [2.24, 2.45) is 5.90 Å². The van der Waals surface area contributed by atoms with Crippen molar-refractivity contribution in [1.82, 2.24) is 3.53 Å². The number of halogens is 1. The van der Waals surface area contributed by atoms with Crippen LogP contribution >= 0.6 is 22.9 Å². The maximum Gasteiger partial charge on any atom is 0.339 e. The van der Waals surface area contributed by atoms with E-state index in [9.17, 15) is 4.79 Å². The Morgan fingerprint density at radius 1 is 2.00 bits per heavy atom. The first-order valence-electron chi connectivity index (χ1n) is 1.54. The van der Waals surface area contributed by atoms with E-state index >= 15 is 0 Å². The van der Waals surface area contributed by atoms with Crippen LogP contribution in [0.2, 0.25) is 0 Å². The molecular weight excluding hydrogens is 211 g/mol. The molecule has 5 heteroatoms. The number of hydrogen-bond acceptors (Lipinski definition) is 4.